The van der Waals surface area contributed by atoms with E-state index < -0.39 is 0 Å². The zero-order chi connectivity index (χ0) is 29.7. The lowest BCUT2D eigenvalue weighted by Crippen LogP contribution is -2.22. The number of benzene rings is 5. The monoisotopic (exact) mass is 566 g/mol. The van der Waals surface area contributed by atoms with Crippen LogP contribution in [0, 0.1) is 0 Å². The Morgan fingerprint density at radius 2 is 1.36 bits per heavy atom. The molecule has 1 aliphatic heterocycles. The number of nitrogens with one attached hydrogen (secondary N) is 1. The molecule has 0 bridgehead atoms. The van der Waals surface area contributed by atoms with E-state index in [1.165, 1.54) is 39.1 Å². The summed E-state index contributed by atoms with van der Waals surface area (Å²) in [7, 11) is 0. The second kappa shape index (κ2) is 12.3. The maximum atomic E-state index is 4.41. The van der Waals surface area contributed by atoms with Crippen molar-refractivity contribution in [3.8, 4) is 22.3 Å². The summed E-state index contributed by atoms with van der Waals surface area (Å²) in [5, 5.41) is 3.59. The first-order valence-corrected chi connectivity index (χ1v) is 15.1. The molecule has 1 N–H and O–H groups in total. The highest BCUT2D eigenvalue weighted by atomic mass is 15.1. The molecule has 2 nitrogen and oxygen atoms in total. The van der Waals surface area contributed by atoms with Crippen molar-refractivity contribution in [2.24, 2.45) is 0 Å². The molecule has 0 aromatic heterocycles. The Balaban J connectivity index is 1.18. The summed E-state index contributed by atoms with van der Waals surface area (Å²) in [6, 6.07) is 47.2. The van der Waals surface area contributed by atoms with Crippen LogP contribution in [0.1, 0.15) is 17.9 Å². The summed E-state index contributed by atoms with van der Waals surface area (Å²) < 4.78 is 0. The van der Waals surface area contributed by atoms with Crippen LogP contribution < -0.4 is 10.2 Å². The molecule has 1 heterocycles. The molecule has 5 aromatic carbocycles. The summed E-state index contributed by atoms with van der Waals surface area (Å²) in [5.41, 5.74) is 12.9. The second-order valence-electron chi connectivity index (χ2n) is 11.2. The second-order valence-corrected chi connectivity index (χ2v) is 11.2. The van der Waals surface area contributed by atoms with E-state index in [0.717, 1.165) is 29.1 Å². The van der Waals surface area contributed by atoms with Gasteiger partial charge in [0.1, 0.15) is 0 Å². The molecule has 0 amide bonds. The Morgan fingerprint density at radius 1 is 0.636 bits per heavy atom. The minimum Gasteiger partial charge on any atom is -0.355 e. The van der Waals surface area contributed by atoms with Crippen LogP contribution in [0.2, 0.25) is 0 Å². The van der Waals surface area contributed by atoms with E-state index in [-0.39, 0.29) is 5.92 Å². The van der Waals surface area contributed by atoms with Gasteiger partial charge in [-0.05, 0) is 70.7 Å². The van der Waals surface area contributed by atoms with Gasteiger partial charge in [-0.25, -0.2) is 0 Å². The lowest BCUT2D eigenvalue weighted by atomic mass is 9.84. The molecule has 1 atom stereocenters. The molecule has 212 valence electrons. The molecule has 1 aliphatic carbocycles. The van der Waals surface area contributed by atoms with Gasteiger partial charge < -0.3 is 10.2 Å². The largest absolute Gasteiger partial charge is 0.355 e. The average molecular weight is 567 g/mol. The molecule has 5 aromatic rings. The number of hydrogen-bond donors (Lipinski definition) is 1. The first-order chi connectivity index (χ1) is 21.7. The summed E-state index contributed by atoms with van der Waals surface area (Å²) >= 11 is 0. The van der Waals surface area contributed by atoms with Crippen LogP contribution in [-0.4, -0.2) is 0 Å². The SMILES string of the molecule is C=C1/C=C\C=C/N(c2cccc(-c3ccccc3)c2)C2=C1C=CC(c1ccc(-c3ccccc3Nc3ccccc3)cc1)C2. The zero-order valence-corrected chi connectivity index (χ0v) is 24.6. The van der Waals surface area contributed by atoms with E-state index >= 15 is 0 Å². The predicted octanol–water partition coefficient (Wildman–Crippen LogP) is 11.2. The van der Waals surface area contributed by atoms with Crippen molar-refractivity contribution in [2.75, 3.05) is 10.2 Å². The Morgan fingerprint density at radius 3 is 2.18 bits per heavy atom. The highest BCUT2D eigenvalue weighted by Gasteiger charge is 2.24. The molecule has 0 radical (unpaired) electrons. The summed E-state index contributed by atoms with van der Waals surface area (Å²) in [4.78, 5) is 2.34. The predicted molar refractivity (Wildman–Crippen MR) is 187 cm³/mol. The first-order valence-electron chi connectivity index (χ1n) is 15.1. The van der Waals surface area contributed by atoms with Gasteiger partial charge in [-0.1, -0.05) is 134 Å². The molecule has 2 aliphatic rings. The molecule has 0 saturated heterocycles. The van der Waals surface area contributed by atoms with E-state index in [9.17, 15) is 0 Å². The molecule has 2 heteroatoms. The molecule has 0 spiro atoms. The van der Waals surface area contributed by atoms with Crippen LogP contribution in [0.3, 0.4) is 0 Å². The lowest BCUT2D eigenvalue weighted by Gasteiger charge is -2.32. The van der Waals surface area contributed by atoms with Crippen LogP contribution in [0.5, 0.6) is 0 Å². The summed E-state index contributed by atoms with van der Waals surface area (Å²) in [6.07, 6.45) is 13.9. The van der Waals surface area contributed by atoms with E-state index in [2.05, 4.69) is 181 Å². The smallest absolute Gasteiger partial charge is 0.0463 e. The quantitative estimate of drug-likeness (QED) is 0.220. The van der Waals surface area contributed by atoms with Crippen LogP contribution in [0.15, 0.2) is 193 Å². The Bertz CT molecular complexity index is 1910. The van der Waals surface area contributed by atoms with Gasteiger partial charge in [-0.15, -0.1) is 0 Å². The fourth-order valence-electron chi connectivity index (χ4n) is 6.07. The van der Waals surface area contributed by atoms with Crippen molar-refractivity contribution in [3.63, 3.8) is 0 Å². The molecular weight excluding hydrogens is 532 g/mol. The maximum absolute atomic E-state index is 4.41. The van der Waals surface area contributed by atoms with Gasteiger partial charge in [0.2, 0.25) is 0 Å². The van der Waals surface area contributed by atoms with Crippen molar-refractivity contribution >= 4 is 17.1 Å². The highest BCUT2D eigenvalue weighted by molar-refractivity contribution is 5.81. The standard InChI is InChI=1S/C42H34N2/c1-31-13-10-11-28-44(38-19-12-16-35(29-38)32-14-4-2-5-15-32)42-30-36(26-27-39(31)42)33-22-24-34(25-23-33)40-20-8-9-21-41(40)43-37-17-6-3-7-18-37/h2-29,36,43H,1,30H2/b13-10-,28-11-. The van der Waals surface area contributed by atoms with Crippen LogP contribution in [-0.2, 0) is 0 Å². The lowest BCUT2D eigenvalue weighted by molar-refractivity contribution is 0.783. The van der Waals surface area contributed by atoms with Crippen molar-refractivity contribution in [2.45, 2.75) is 12.3 Å². The van der Waals surface area contributed by atoms with Crippen molar-refractivity contribution in [1.29, 1.82) is 0 Å². The molecule has 0 saturated carbocycles. The minimum atomic E-state index is 0.255. The van der Waals surface area contributed by atoms with Gasteiger partial charge >= 0.3 is 0 Å². The number of nitrogens with zero attached hydrogens (tertiary/aromatic N) is 1. The summed E-state index contributed by atoms with van der Waals surface area (Å²) in [6.45, 7) is 4.41. The van der Waals surface area contributed by atoms with E-state index in [1.807, 2.05) is 6.07 Å². The van der Waals surface area contributed by atoms with Crippen LogP contribution in [0.4, 0.5) is 17.1 Å². The number of anilines is 3. The molecule has 7 rings (SSSR count). The third kappa shape index (κ3) is 5.71. The van der Waals surface area contributed by atoms with E-state index in [0.29, 0.717) is 0 Å². The summed E-state index contributed by atoms with van der Waals surface area (Å²) in [5.74, 6) is 0.255. The normalized spacial score (nSPS) is 17.4. The minimum absolute atomic E-state index is 0.255. The van der Waals surface area contributed by atoms with E-state index in [4.69, 9.17) is 0 Å². The van der Waals surface area contributed by atoms with Crippen molar-refractivity contribution in [1.82, 2.24) is 0 Å². The molecule has 1 unspecified atom stereocenters. The fourth-order valence-corrected chi connectivity index (χ4v) is 6.07. The van der Waals surface area contributed by atoms with Gasteiger partial charge in [0.05, 0.1) is 0 Å². The Labute approximate surface area is 260 Å². The number of para-hydroxylation sites is 2. The Kier molecular flexibility index (Phi) is 7.63. The van der Waals surface area contributed by atoms with Gasteiger partial charge in [0.15, 0.2) is 0 Å². The van der Waals surface area contributed by atoms with Crippen molar-refractivity contribution in [3.05, 3.63) is 199 Å². The first kappa shape index (κ1) is 27.2. The van der Waals surface area contributed by atoms with Crippen LogP contribution >= 0.6 is 0 Å². The molecular formula is C42H34N2. The van der Waals surface area contributed by atoms with Gasteiger partial charge in [-0.2, -0.15) is 0 Å². The molecule has 44 heavy (non-hydrogen) atoms. The van der Waals surface area contributed by atoms with E-state index in [1.54, 1.807) is 0 Å². The average Bonchev–Trinajstić information content (AvgIpc) is 3.08. The van der Waals surface area contributed by atoms with Gasteiger partial charge in [0, 0.05) is 46.0 Å². The number of rotatable bonds is 6. The molecule has 0 fully saturated rings. The van der Waals surface area contributed by atoms with Gasteiger partial charge in [0.25, 0.3) is 0 Å². The van der Waals surface area contributed by atoms with Crippen LogP contribution in [0.25, 0.3) is 22.3 Å². The fraction of sp³-hybridized carbons (Fsp3) is 0.0476. The third-order valence-corrected chi connectivity index (χ3v) is 8.36. The Hall–Kier alpha value is -5.60. The number of hydrogen-bond acceptors (Lipinski definition) is 2. The number of allylic oxidation sites excluding steroid dienone is 8. The van der Waals surface area contributed by atoms with Crippen molar-refractivity contribution < 1.29 is 0 Å². The highest BCUT2D eigenvalue weighted by Crippen LogP contribution is 2.40. The topological polar surface area (TPSA) is 15.3 Å². The maximum Gasteiger partial charge on any atom is 0.0463 e. The third-order valence-electron chi connectivity index (χ3n) is 8.36. The zero-order valence-electron chi connectivity index (χ0n) is 24.6. The van der Waals surface area contributed by atoms with Gasteiger partial charge in [-0.3, -0.25) is 0 Å².